The number of nitrogen functional groups attached to an aromatic ring is 1. The average molecular weight is 446 g/mol. The third-order valence-electron chi connectivity index (χ3n) is 5.08. The first-order valence-corrected chi connectivity index (χ1v) is 10.5. The molecule has 1 aromatic heterocycles. The first-order chi connectivity index (χ1) is 14.8. The van der Waals surface area contributed by atoms with E-state index in [2.05, 4.69) is 10.3 Å². The third kappa shape index (κ3) is 5.00. The van der Waals surface area contributed by atoms with Crippen molar-refractivity contribution in [2.75, 3.05) is 19.7 Å². The highest BCUT2D eigenvalue weighted by atomic mass is 32.1. The standard InChI is InChI=1S/C20H23N5O5S/c21-17(22)13-2-4-14(5-3-13)30-9-1-6-20(10-16(26)27,15-11-23-12-31-15)25-8-7-24-18(28)19(25)29/h2-5,11-12H,1,6-10H2,(H3,21,22)(H,24,28)(H,26,27). The summed E-state index contributed by atoms with van der Waals surface area (Å²) in [5.74, 6) is -2.02. The Balaban J connectivity index is 1.77. The van der Waals surface area contributed by atoms with Crippen molar-refractivity contribution in [2.24, 2.45) is 5.73 Å². The summed E-state index contributed by atoms with van der Waals surface area (Å²) in [5, 5.41) is 19.5. The highest BCUT2D eigenvalue weighted by molar-refractivity contribution is 7.09. The first kappa shape index (κ1) is 22.2. The fraction of sp³-hybridized carbons (Fsp3) is 0.350. The number of thiazole rings is 1. The van der Waals surface area contributed by atoms with E-state index in [1.54, 1.807) is 36.0 Å². The number of aromatic nitrogens is 1. The monoisotopic (exact) mass is 445 g/mol. The Morgan fingerprint density at radius 1 is 1.35 bits per heavy atom. The lowest BCUT2D eigenvalue weighted by molar-refractivity contribution is -0.156. The van der Waals surface area contributed by atoms with Gasteiger partial charge < -0.3 is 25.8 Å². The van der Waals surface area contributed by atoms with E-state index in [4.69, 9.17) is 15.9 Å². The number of carbonyl (C=O) groups is 3. The number of rotatable bonds is 10. The van der Waals surface area contributed by atoms with Gasteiger partial charge in [0.1, 0.15) is 11.6 Å². The van der Waals surface area contributed by atoms with Gasteiger partial charge in [-0.3, -0.25) is 24.8 Å². The van der Waals surface area contributed by atoms with Crippen molar-refractivity contribution < 1.29 is 24.2 Å². The van der Waals surface area contributed by atoms with Crippen LogP contribution in [0.25, 0.3) is 0 Å². The van der Waals surface area contributed by atoms with Gasteiger partial charge in [0.05, 0.1) is 29.0 Å². The van der Waals surface area contributed by atoms with Crippen LogP contribution in [0.3, 0.4) is 0 Å². The molecule has 164 valence electrons. The van der Waals surface area contributed by atoms with E-state index < -0.39 is 23.3 Å². The van der Waals surface area contributed by atoms with Gasteiger partial charge in [0.25, 0.3) is 0 Å². The third-order valence-corrected chi connectivity index (χ3v) is 6.05. The first-order valence-electron chi connectivity index (χ1n) is 9.61. The minimum Gasteiger partial charge on any atom is -0.494 e. The van der Waals surface area contributed by atoms with Crippen LogP contribution >= 0.6 is 11.3 Å². The number of benzene rings is 1. The molecular formula is C20H23N5O5S. The highest BCUT2D eigenvalue weighted by Crippen LogP contribution is 2.39. The normalized spacial score (nSPS) is 15.8. The minimum atomic E-state index is -1.19. The van der Waals surface area contributed by atoms with Crippen molar-refractivity contribution in [3.63, 3.8) is 0 Å². The number of carbonyl (C=O) groups excluding carboxylic acids is 2. The minimum absolute atomic E-state index is 0.0372. The molecule has 2 amide bonds. The molecule has 0 spiro atoms. The number of aliphatic carboxylic acids is 1. The summed E-state index contributed by atoms with van der Waals surface area (Å²) in [6, 6.07) is 6.75. The molecule has 1 aromatic carbocycles. The Bertz CT molecular complexity index is 963. The molecule has 0 bridgehead atoms. The zero-order chi connectivity index (χ0) is 22.4. The van der Waals surface area contributed by atoms with Crippen molar-refractivity contribution in [1.29, 1.82) is 5.41 Å². The number of carboxylic acids is 1. The molecule has 0 aliphatic carbocycles. The summed E-state index contributed by atoms with van der Waals surface area (Å²) in [5.41, 5.74) is 6.41. The molecule has 10 nitrogen and oxygen atoms in total. The van der Waals surface area contributed by atoms with Gasteiger partial charge in [-0.15, -0.1) is 11.3 Å². The average Bonchev–Trinajstić information content (AvgIpc) is 3.28. The van der Waals surface area contributed by atoms with Crippen LogP contribution in [0.4, 0.5) is 0 Å². The summed E-state index contributed by atoms with van der Waals surface area (Å²) in [7, 11) is 0. The van der Waals surface area contributed by atoms with Gasteiger partial charge in [0, 0.05) is 24.8 Å². The number of amidine groups is 1. The van der Waals surface area contributed by atoms with Crippen molar-refractivity contribution in [3.05, 3.63) is 46.4 Å². The van der Waals surface area contributed by atoms with E-state index in [9.17, 15) is 19.5 Å². The van der Waals surface area contributed by atoms with Crippen LogP contribution in [0.15, 0.2) is 36.0 Å². The Morgan fingerprint density at radius 3 is 2.71 bits per heavy atom. The van der Waals surface area contributed by atoms with Gasteiger partial charge in [-0.05, 0) is 37.1 Å². The Morgan fingerprint density at radius 2 is 2.10 bits per heavy atom. The number of nitrogens with one attached hydrogen (secondary N) is 2. The SMILES string of the molecule is N=C(N)c1ccc(OCCCC(CC(=O)O)(c2cncs2)N2CCNC(=O)C2=O)cc1. The lowest BCUT2D eigenvalue weighted by Crippen LogP contribution is -2.60. The number of piperazine rings is 1. The van der Waals surface area contributed by atoms with E-state index in [1.165, 1.54) is 16.2 Å². The predicted molar refractivity (Wildman–Crippen MR) is 113 cm³/mol. The number of hydrogen-bond acceptors (Lipinski definition) is 7. The van der Waals surface area contributed by atoms with Gasteiger partial charge >= 0.3 is 17.8 Å². The second-order valence-corrected chi connectivity index (χ2v) is 7.96. The highest BCUT2D eigenvalue weighted by Gasteiger charge is 2.46. The van der Waals surface area contributed by atoms with Crippen LogP contribution in [0, 0.1) is 5.41 Å². The number of hydrogen-bond donors (Lipinski definition) is 4. The molecular weight excluding hydrogens is 422 g/mol. The second-order valence-electron chi connectivity index (χ2n) is 7.07. The Hall–Kier alpha value is -3.47. The molecule has 31 heavy (non-hydrogen) atoms. The second kappa shape index (κ2) is 9.56. The Kier molecular flexibility index (Phi) is 6.85. The maximum absolute atomic E-state index is 12.6. The molecule has 0 saturated carbocycles. The molecule has 1 unspecified atom stereocenters. The van der Waals surface area contributed by atoms with Crippen molar-refractivity contribution >= 4 is 35.0 Å². The number of ether oxygens (including phenoxy) is 1. The van der Waals surface area contributed by atoms with Gasteiger partial charge in [0.15, 0.2) is 0 Å². The van der Waals surface area contributed by atoms with E-state index in [-0.39, 0.29) is 38.4 Å². The molecule has 0 radical (unpaired) electrons. The van der Waals surface area contributed by atoms with Crippen LogP contribution in [0.2, 0.25) is 0 Å². The van der Waals surface area contributed by atoms with Crippen molar-refractivity contribution in [1.82, 2.24) is 15.2 Å². The summed E-state index contributed by atoms with van der Waals surface area (Å²) in [4.78, 5) is 42.4. The lowest BCUT2D eigenvalue weighted by Gasteiger charge is -2.44. The summed E-state index contributed by atoms with van der Waals surface area (Å²) in [6.45, 7) is 0.737. The van der Waals surface area contributed by atoms with Crippen LogP contribution in [-0.2, 0) is 19.9 Å². The number of carboxylic acid groups (broad SMARTS) is 1. The van der Waals surface area contributed by atoms with Crippen LogP contribution in [-0.4, -0.2) is 58.3 Å². The quantitative estimate of drug-likeness (QED) is 0.183. The smallest absolute Gasteiger partial charge is 0.312 e. The fourth-order valence-electron chi connectivity index (χ4n) is 3.63. The summed E-state index contributed by atoms with van der Waals surface area (Å²) < 4.78 is 5.74. The Labute approximate surface area is 182 Å². The zero-order valence-electron chi connectivity index (χ0n) is 16.7. The molecule has 1 fully saturated rings. The van der Waals surface area contributed by atoms with Crippen LogP contribution in [0.5, 0.6) is 5.75 Å². The molecule has 5 N–H and O–H groups in total. The lowest BCUT2D eigenvalue weighted by atomic mass is 9.85. The van der Waals surface area contributed by atoms with E-state index >= 15 is 0 Å². The number of amides is 2. The van der Waals surface area contributed by atoms with Gasteiger partial charge in [-0.25, -0.2) is 0 Å². The maximum atomic E-state index is 12.6. The van der Waals surface area contributed by atoms with E-state index in [0.717, 1.165) is 0 Å². The molecule has 2 aromatic rings. The molecule has 1 aliphatic rings. The molecule has 1 atom stereocenters. The molecule has 1 aliphatic heterocycles. The maximum Gasteiger partial charge on any atom is 0.312 e. The number of nitrogens with two attached hydrogens (primary N) is 1. The summed E-state index contributed by atoms with van der Waals surface area (Å²) in [6.07, 6.45) is 1.92. The van der Waals surface area contributed by atoms with Gasteiger partial charge in [0.2, 0.25) is 0 Å². The van der Waals surface area contributed by atoms with E-state index in [0.29, 0.717) is 22.6 Å². The molecule has 2 heterocycles. The van der Waals surface area contributed by atoms with Crippen molar-refractivity contribution in [2.45, 2.75) is 24.8 Å². The zero-order valence-corrected chi connectivity index (χ0v) is 17.5. The van der Waals surface area contributed by atoms with Crippen molar-refractivity contribution in [3.8, 4) is 5.75 Å². The van der Waals surface area contributed by atoms with Crippen LogP contribution in [0.1, 0.15) is 29.7 Å². The molecule has 11 heteroatoms. The van der Waals surface area contributed by atoms with E-state index in [1.807, 2.05) is 0 Å². The predicted octanol–water partition coefficient (Wildman–Crippen LogP) is 0.915. The topological polar surface area (TPSA) is 159 Å². The molecule has 3 rings (SSSR count). The van der Waals surface area contributed by atoms with Gasteiger partial charge in [-0.1, -0.05) is 0 Å². The van der Waals surface area contributed by atoms with Gasteiger partial charge in [-0.2, -0.15) is 0 Å². The molecule has 1 saturated heterocycles. The van der Waals surface area contributed by atoms with Crippen LogP contribution < -0.4 is 15.8 Å². The fourth-order valence-corrected chi connectivity index (χ4v) is 4.49. The summed E-state index contributed by atoms with van der Waals surface area (Å²) >= 11 is 1.25. The number of nitrogens with zero attached hydrogens (tertiary/aromatic N) is 2. The largest absolute Gasteiger partial charge is 0.494 e.